The first-order valence-corrected chi connectivity index (χ1v) is 9.17. The van der Waals surface area contributed by atoms with E-state index in [0.29, 0.717) is 11.4 Å². The lowest BCUT2D eigenvalue weighted by atomic mass is 10.0. The van der Waals surface area contributed by atoms with Crippen LogP contribution < -0.4 is 5.32 Å². The Morgan fingerprint density at radius 3 is 2.50 bits per heavy atom. The Morgan fingerprint density at radius 1 is 1.14 bits per heavy atom. The fraction of sp³-hybridized carbons (Fsp3) is 0.227. The molecule has 146 valence electrons. The Bertz CT molecular complexity index is 877. The molecule has 0 aromatic heterocycles. The van der Waals surface area contributed by atoms with Crippen LogP contribution in [0.25, 0.3) is 6.08 Å². The topological polar surface area (TPSA) is 72.5 Å². The van der Waals surface area contributed by atoms with Crippen molar-refractivity contribution in [2.75, 3.05) is 6.61 Å². The second-order valence-electron chi connectivity index (χ2n) is 6.37. The summed E-state index contributed by atoms with van der Waals surface area (Å²) in [5.41, 5.74) is 2.62. The summed E-state index contributed by atoms with van der Waals surface area (Å²) in [6, 6.07) is 14.1. The molecular formula is C22H22ClNO4. The van der Waals surface area contributed by atoms with Crippen LogP contribution in [0.4, 0.5) is 0 Å². The highest BCUT2D eigenvalue weighted by Crippen LogP contribution is 2.17. The van der Waals surface area contributed by atoms with Crippen LogP contribution in [0.5, 0.6) is 0 Å². The maximum Gasteiger partial charge on any atom is 0.331 e. The Kier molecular flexibility index (Phi) is 7.96. The standard InChI is InChI=1S/C22H22ClNO4/c1-15-8-9-18(12-19(15)23)10-11-22(27)28-14-21(26)24-20(16(2)25)13-17-6-4-3-5-7-17/h3-12,20H,13-14H2,1-2H3,(H,24,26)/b11-10+/t20-/m0/s1. The fourth-order valence-electron chi connectivity index (χ4n) is 2.44. The molecule has 1 N–H and O–H groups in total. The molecule has 1 amide bonds. The lowest BCUT2D eigenvalue weighted by molar-refractivity contribution is -0.144. The van der Waals surface area contributed by atoms with Crippen LogP contribution in [0, 0.1) is 6.92 Å². The number of rotatable bonds is 8. The van der Waals surface area contributed by atoms with Gasteiger partial charge in [-0.25, -0.2) is 4.79 Å². The van der Waals surface area contributed by atoms with Gasteiger partial charge in [-0.15, -0.1) is 0 Å². The van der Waals surface area contributed by atoms with Gasteiger partial charge in [0.15, 0.2) is 12.4 Å². The highest BCUT2D eigenvalue weighted by Gasteiger charge is 2.18. The maximum atomic E-state index is 12.0. The van der Waals surface area contributed by atoms with Crippen LogP contribution in [0.15, 0.2) is 54.6 Å². The highest BCUT2D eigenvalue weighted by molar-refractivity contribution is 6.31. The van der Waals surface area contributed by atoms with Crippen molar-refractivity contribution in [2.45, 2.75) is 26.3 Å². The Morgan fingerprint density at radius 2 is 1.86 bits per heavy atom. The molecule has 0 aliphatic carbocycles. The predicted octanol–water partition coefficient (Wildman–Crippen LogP) is 3.52. The van der Waals surface area contributed by atoms with Crippen LogP contribution in [-0.2, 0) is 25.5 Å². The summed E-state index contributed by atoms with van der Waals surface area (Å²) in [5.74, 6) is -1.36. The van der Waals surface area contributed by atoms with Gasteiger partial charge in [-0.3, -0.25) is 9.59 Å². The number of amides is 1. The molecule has 0 radical (unpaired) electrons. The van der Waals surface area contributed by atoms with Gasteiger partial charge in [0, 0.05) is 11.1 Å². The van der Waals surface area contributed by atoms with Crippen LogP contribution in [0.3, 0.4) is 0 Å². The normalized spacial score (nSPS) is 11.8. The minimum Gasteiger partial charge on any atom is -0.452 e. The number of ether oxygens (including phenoxy) is 1. The lowest BCUT2D eigenvalue weighted by Crippen LogP contribution is -2.43. The molecule has 2 aromatic rings. The van der Waals surface area contributed by atoms with Crippen LogP contribution in [0.1, 0.15) is 23.6 Å². The van der Waals surface area contributed by atoms with Gasteiger partial charge in [0.05, 0.1) is 6.04 Å². The first-order chi connectivity index (χ1) is 13.3. The van der Waals surface area contributed by atoms with Crippen molar-refractivity contribution in [3.05, 3.63) is 76.3 Å². The molecule has 28 heavy (non-hydrogen) atoms. The van der Waals surface area contributed by atoms with Gasteiger partial charge in [-0.2, -0.15) is 0 Å². The molecule has 0 unspecified atom stereocenters. The zero-order chi connectivity index (χ0) is 20.5. The summed E-state index contributed by atoms with van der Waals surface area (Å²) in [7, 11) is 0. The number of hydrogen-bond donors (Lipinski definition) is 1. The summed E-state index contributed by atoms with van der Waals surface area (Å²) < 4.78 is 4.93. The van der Waals surface area contributed by atoms with Crippen LogP contribution >= 0.6 is 11.6 Å². The summed E-state index contributed by atoms with van der Waals surface area (Å²) >= 11 is 6.03. The van der Waals surface area contributed by atoms with Crippen molar-refractivity contribution >= 4 is 35.3 Å². The summed E-state index contributed by atoms with van der Waals surface area (Å²) in [5, 5.41) is 3.20. The first-order valence-electron chi connectivity index (χ1n) is 8.80. The smallest absolute Gasteiger partial charge is 0.331 e. The molecule has 2 rings (SSSR count). The number of hydrogen-bond acceptors (Lipinski definition) is 4. The van der Waals surface area contributed by atoms with Crippen molar-refractivity contribution in [1.29, 1.82) is 0 Å². The van der Waals surface area contributed by atoms with Gasteiger partial charge < -0.3 is 10.1 Å². The second kappa shape index (κ2) is 10.4. The molecule has 0 saturated carbocycles. The molecule has 1 atom stereocenters. The van der Waals surface area contributed by atoms with E-state index in [-0.39, 0.29) is 5.78 Å². The minimum absolute atomic E-state index is 0.167. The molecule has 0 heterocycles. The number of Topliss-reactive ketones (excluding diaryl/α,β-unsaturated/α-hetero) is 1. The van der Waals surface area contributed by atoms with Crippen LogP contribution in [-0.4, -0.2) is 30.3 Å². The average Bonchev–Trinajstić information content (AvgIpc) is 2.67. The van der Waals surface area contributed by atoms with E-state index in [0.717, 1.165) is 16.7 Å². The number of carbonyl (C=O) groups is 3. The summed E-state index contributed by atoms with van der Waals surface area (Å²) in [6.45, 7) is 2.83. The molecule has 0 aliphatic rings. The van der Waals surface area contributed by atoms with Gasteiger partial charge in [0.25, 0.3) is 5.91 Å². The zero-order valence-electron chi connectivity index (χ0n) is 15.8. The fourth-order valence-corrected chi connectivity index (χ4v) is 2.63. The van der Waals surface area contributed by atoms with Crippen molar-refractivity contribution in [3.8, 4) is 0 Å². The highest BCUT2D eigenvalue weighted by atomic mass is 35.5. The number of carbonyl (C=O) groups excluding carboxylic acids is 3. The van der Waals surface area contributed by atoms with E-state index in [1.807, 2.05) is 49.4 Å². The Hall–Kier alpha value is -2.92. The van der Waals surface area contributed by atoms with E-state index < -0.39 is 24.5 Å². The van der Waals surface area contributed by atoms with Gasteiger partial charge in [-0.05, 0) is 49.1 Å². The number of aryl methyl sites for hydroxylation is 1. The van der Waals surface area contributed by atoms with Crippen molar-refractivity contribution in [3.63, 3.8) is 0 Å². The van der Waals surface area contributed by atoms with E-state index in [9.17, 15) is 14.4 Å². The van der Waals surface area contributed by atoms with Gasteiger partial charge in [0.1, 0.15) is 0 Å². The van der Waals surface area contributed by atoms with E-state index in [1.165, 1.54) is 13.0 Å². The third-order valence-corrected chi connectivity index (χ3v) is 4.47. The van der Waals surface area contributed by atoms with E-state index in [4.69, 9.17) is 16.3 Å². The lowest BCUT2D eigenvalue weighted by Gasteiger charge is -2.16. The Labute approximate surface area is 169 Å². The number of esters is 1. The third kappa shape index (κ3) is 7.00. The summed E-state index contributed by atoms with van der Waals surface area (Å²) in [4.78, 5) is 35.6. The van der Waals surface area contributed by atoms with Crippen molar-refractivity contribution in [1.82, 2.24) is 5.32 Å². The molecule has 5 nitrogen and oxygen atoms in total. The molecule has 0 spiro atoms. The average molecular weight is 400 g/mol. The SMILES string of the molecule is CC(=O)[C@H](Cc1ccccc1)NC(=O)COC(=O)/C=C/c1ccc(C)c(Cl)c1. The number of nitrogens with one attached hydrogen (secondary N) is 1. The molecular weight excluding hydrogens is 378 g/mol. The second-order valence-corrected chi connectivity index (χ2v) is 6.78. The number of benzene rings is 2. The summed E-state index contributed by atoms with van der Waals surface area (Å²) in [6.07, 6.45) is 3.16. The minimum atomic E-state index is -0.668. The van der Waals surface area contributed by atoms with E-state index >= 15 is 0 Å². The maximum absolute atomic E-state index is 12.0. The largest absolute Gasteiger partial charge is 0.452 e. The molecule has 0 aliphatic heterocycles. The van der Waals surface area contributed by atoms with Gasteiger partial charge in [0.2, 0.25) is 0 Å². The van der Waals surface area contributed by atoms with Crippen molar-refractivity contribution in [2.24, 2.45) is 0 Å². The molecule has 0 bridgehead atoms. The Balaban J connectivity index is 1.84. The van der Waals surface area contributed by atoms with E-state index in [2.05, 4.69) is 5.32 Å². The monoisotopic (exact) mass is 399 g/mol. The third-order valence-electron chi connectivity index (χ3n) is 4.06. The number of halogens is 1. The first kappa shape index (κ1) is 21.4. The molecule has 6 heteroatoms. The predicted molar refractivity (Wildman–Crippen MR) is 109 cm³/mol. The van der Waals surface area contributed by atoms with E-state index in [1.54, 1.807) is 12.1 Å². The molecule has 0 fully saturated rings. The zero-order valence-corrected chi connectivity index (χ0v) is 16.5. The molecule has 0 saturated heterocycles. The van der Waals surface area contributed by atoms with Crippen LogP contribution in [0.2, 0.25) is 5.02 Å². The molecule has 2 aromatic carbocycles. The van der Waals surface area contributed by atoms with Gasteiger partial charge in [-0.1, -0.05) is 54.1 Å². The van der Waals surface area contributed by atoms with Gasteiger partial charge >= 0.3 is 5.97 Å². The van der Waals surface area contributed by atoms with Crippen molar-refractivity contribution < 1.29 is 19.1 Å². The quantitative estimate of drug-likeness (QED) is 0.544. The number of ketones is 1.